The quantitative estimate of drug-likeness (QED) is 0.651. The first-order valence-electron chi connectivity index (χ1n) is 8.02. The molecule has 0 radical (unpaired) electrons. The Kier molecular flexibility index (Phi) is 2.01. The Morgan fingerprint density at radius 2 is 2.00 bits per heavy atom. The van der Waals surface area contributed by atoms with Crippen molar-refractivity contribution in [2.45, 2.75) is 0 Å². The van der Waals surface area contributed by atoms with Crippen LogP contribution in [0.15, 0.2) is 30.3 Å². The predicted molar refractivity (Wildman–Crippen MR) is 77.7 cm³/mol. The van der Waals surface area contributed by atoms with Crippen LogP contribution in [-0.4, -0.2) is 36.8 Å². The summed E-state index contributed by atoms with van der Waals surface area (Å²) < 4.78 is 31.7. The van der Waals surface area contributed by atoms with Gasteiger partial charge in [-0.25, -0.2) is 0 Å². The molecule has 0 unspecified atom stereocenters. The van der Waals surface area contributed by atoms with E-state index in [1.54, 1.807) is 18.2 Å². The van der Waals surface area contributed by atoms with Crippen LogP contribution < -0.4 is 11.1 Å². The number of imide groups is 1. The van der Waals surface area contributed by atoms with Crippen molar-refractivity contribution in [3.63, 3.8) is 0 Å². The number of hydrogen-bond donors (Lipinski definition) is 2. The number of nitrogen functional groups attached to an aromatic ring is 1. The molecular formula is C15H15N3O2. The van der Waals surface area contributed by atoms with Gasteiger partial charge in [0.15, 0.2) is 0 Å². The fourth-order valence-electron chi connectivity index (χ4n) is 2.34. The largest absolute Gasteiger partial charge is 0.399 e. The summed E-state index contributed by atoms with van der Waals surface area (Å²) >= 11 is 0. The minimum Gasteiger partial charge on any atom is -0.399 e. The summed E-state index contributed by atoms with van der Waals surface area (Å²) in [6.07, 6.45) is 0. The van der Waals surface area contributed by atoms with Crippen molar-refractivity contribution in [1.82, 2.24) is 10.2 Å². The molecule has 1 heterocycles. The van der Waals surface area contributed by atoms with Gasteiger partial charge in [-0.05, 0) is 30.6 Å². The molecule has 0 fully saturated rings. The van der Waals surface area contributed by atoms with Crippen LogP contribution in [-0.2, 0) is 0 Å². The third kappa shape index (κ3) is 1.75. The summed E-state index contributed by atoms with van der Waals surface area (Å²) in [5.74, 6) is -1.80. The number of anilines is 1. The molecule has 2 amide bonds. The molecule has 5 nitrogen and oxygen atoms in total. The number of carbonyl (C=O) groups is 2. The van der Waals surface area contributed by atoms with Crippen LogP contribution in [0.4, 0.5) is 5.69 Å². The topological polar surface area (TPSA) is 75.4 Å². The van der Waals surface area contributed by atoms with Gasteiger partial charge in [0, 0.05) is 32.4 Å². The van der Waals surface area contributed by atoms with E-state index in [0.29, 0.717) is 21.4 Å². The van der Waals surface area contributed by atoms with E-state index < -0.39 is 24.8 Å². The Morgan fingerprint density at radius 3 is 2.75 bits per heavy atom. The molecule has 2 aromatic carbocycles. The maximum absolute atomic E-state index is 12.8. The van der Waals surface area contributed by atoms with Crippen LogP contribution in [0.3, 0.4) is 0 Å². The molecule has 2 aromatic rings. The Labute approximate surface area is 122 Å². The van der Waals surface area contributed by atoms with Gasteiger partial charge in [0.1, 0.15) is 0 Å². The number of benzene rings is 2. The second kappa shape index (κ2) is 4.61. The van der Waals surface area contributed by atoms with E-state index >= 15 is 0 Å². The molecule has 0 bridgehead atoms. The summed E-state index contributed by atoms with van der Waals surface area (Å²) in [4.78, 5) is 25.9. The normalized spacial score (nSPS) is 18.6. The Morgan fingerprint density at radius 1 is 1.25 bits per heavy atom. The van der Waals surface area contributed by atoms with Gasteiger partial charge in [0.05, 0.1) is 8.30 Å². The van der Waals surface area contributed by atoms with E-state index in [4.69, 9.17) is 11.2 Å². The molecule has 1 aliphatic rings. The Balaban J connectivity index is 2.29. The molecule has 5 heteroatoms. The fraction of sp³-hybridized carbons (Fsp3) is 0.200. The summed E-state index contributed by atoms with van der Waals surface area (Å²) in [5, 5.41) is 3.17. The van der Waals surface area contributed by atoms with Crippen molar-refractivity contribution < 1.29 is 15.1 Å². The smallest absolute Gasteiger partial charge is 0.261 e. The van der Waals surface area contributed by atoms with Gasteiger partial charge >= 0.3 is 0 Å². The van der Waals surface area contributed by atoms with E-state index in [1.165, 1.54) is 19.2 Å². The molecule has 0 spiro atoms. The van der Waals surface area contributed by atoms with Gasteiger partial charge in [-0.15, -0.1) is 0 Å². The number of amides is 2. The van der Waals surface area contributed by atoms with Crippen molar-refractivity contribution in [2.24, 2.45) is 0 Å². The summed E-state index contributed by atoms with van der Waals surface area (Å²) in [6.45, 7) is -5.54. The third-order valence-electron chi connectivity index (χ3n) is 3.16. The van der Waals surface area contributed by atoms with Crippen LogP contribution in [0.5, 0.6) is 0 Å². The van der Waals surface area contributed by atoms with E-state index in [-0.39, 0.29) is 11.1 Å². The zero-order valence-corrected chi connectivity index (χ0v) is 10.7. The highest BCUT2D eigenvalue weighted by Crippen LogP contribution is 2.31. The van der Waals surface area contributed by atoms with E-state index in [2.05, 4.69) is 5.32 Å². The van der Waals surface area contributed by atoms with Gasteiger partial charge < -0.3 is 11.1 Å². The van der Waals surface area contributed by atoms with Gasteiger partial charge in [-0.3, -0.25) is 14.5 Å². The van der Waals surface area contributed by atoms with Crippen LogP contribution in [0.25, 0.3) is 10.8 Å². The molecule has 1 aliphatic heterocycles. The van der Waals surface area contributed by atoms with Crippen molar-refractivity contribution in [3.05, 3.63) is 41.5 Å². The molecule has 3 N–H and O–H groups in total. The average molecular weight is 273 g/mol. The maximum atomic E-state index is 12.8. The number of rotatable bonds is 3. The summed E-state index contributed by atoms with van der Waals surface area (Å²) in [5.41, 5.74) is 6.32. The van der Waals surface area contributed by atoms with Crippen molar-refractivity contribution in [3.8, 4) is 0 Å². The maximum Gasteiger partial charge on any atom is 0.261 e. The van der Waals surface area contributed by atoms with Crippen molar-refractivity contribution in [2.75, 3.05) is 25.8 Å². The van der Waals surface area contributed by atoms with E-state index in [0.717, 1.165) is 0 Å². The van der Waals surface area contributed by atoms with Crippen LogP contribution in [0, 0.1) is 0 Å². The van der Waals surface area contributed by atoms with Gasteiger partial charge in [-0.1, -0.05) is 12.1 Å². The standard InChI is InChI=1S/C15H15N3O2/c1-17-5-6-18-14(19)11-4-2-3-9-7-10(16)8-12(13(9)11)15(18)20/h2-4,7-8,17H,5-6,16H2,1H3/i5D2,6D2. The number of likely N-dealkylation sites (N-methyl/N-ethyl adjacent to an activating group) is 1. The highest BCUT2D eigenvalue weighted by molar-refractivity contribution is 6.25. The summed E-state index contributed by atoms with van der Waals surface area (Å²) in [7, 11) is 1.21. The number of nitrogens with one attached hydrogen (secondary N) is 1. The SMILES string of the molecule is [2H]C([2H])(NC)C([2H])([2H])N1C(=O)c2cccc3cc(N)cc(c23)C1=O. The lowest BCUT2D eigenvalue weighted by Gasteiger charge is -2.27. The fourth-order valence-corrected chi connectivity index (χ4v) is 2.34. The number of hydrogen-bond acceptors (Lipinski definition) is 4. The van der Waals surface area contributed by atoms with Gasteiger partial charge in [0.2, 0.25) is 0 Å². The molecule has 102 valence electrons. The lowest BCUT2D eigenvalue weighted by Crippen LogP contribution is -2.43. The predicted octanol–water partition coefficient (Wildman–Crippen LogP) is 1.24. The zero-order valence-electron chi connectivity index (χ0n) is 14.7. The first-order chi connectivity index (χ1) is 11.1. The minimum atomic E-state index is -2.90. The monoisotopic (exact) mass is 273 g/mol. The van der Waals surface area contributed by atoms with Gasteiger partial charge in [0.25, 0.3) is 11.8 Å². The van der Waals surface area contributed by atoms with Crippen molar-refractivity contribution in [1.29, 1.82) is 0 Å². The summed E-state index contributed by atoms with van der Waals surface area (Å²) in [6, 6.07) is 7.79. The number of carbonyl (C=O) groups excluding carboxylic acids is 2. The molecule has 0 saturated heterocycles. The van der Waals surface area contributed by atoms with Crippen LogP contribution in [0.2, 0.25) is 0 Å². The second-order valence-electron chi connectivity index (χ2n) is 4.40. The molecule has 3 rings (SSSR count). The molecule has 0 aliphatic carbocycles. The van der Waals surface area contributed by atoms with Crippen LogP contribution in [0.1, 0.15) is 26.2 Å². The van der Waals surface area contributed by atoms with E-state index in [1.807, 2.05) is 0 Å². The average Bonchev–Trinajstić information content (AvgIpc) is 2.51. The number of nitrogens with zero attached hydrogens (tertiary/aromatic N) is 1. The lowest BCUT2D eigenvalue weighted by molar-refractivity contribution is 0.0613. The van der Waals surface area contributed by atoms with Gasteiger partial charge in [-0.2, -0.15) is 0 Å². The lowest BCUT2D eigenvalue weighted by atomic mass is 9.93. The zero-order chi connectivity index (χ0) is 17.9. The molecule has 0 saturated carbocycles. The molecular weight excluding hydrogens is 254 g/mol. The van der Waals surface area contributed by atoms with Crippen molar-refractivity contribution >= 4 is 28.3 Å². The highest BCUT2D eigenvalue weighted by atomic mass is 16.2. The Bertz CT molecular complexity index is 882. The molecule has 0 aromatic heterocycles. The second-order valence-corrected chi connectivity index (χ2v) is 4.40. The van der Waals surface area contributed by atoms with E-state index in [9.17, 15) is 9.59 Å². The number of nitrogens with two attached hydrogens (primary N) is 1. The first-order valence-corrected chi connectivity index (χ1v) is 6.02. The van der Waals surface area contributed by atoms with Crippen LogP contribution >= 0.6 is 0 Å². The molecule has 0 atom stereocenters. The first kappa shape index (κ1) is 8.71. The highest BCUT2D eigenvalue weighted by Gasteiger charge is 2.32. The minimum absolute atomic E-state index is 0.0796. The molecule has 20 heavy (non-hydrogen) atoms. The Hall–Kier alpha value is -2.40. The third-order valence-corrected chi connectivity index (χ3v) is 3.16.